The molecule has 1 heterocycles. The maximum absolute atomic E-state index is 12.6. The fourth-order valence-corrected chi connectivity index (χ4v) is 2.44. The Bertz CT molecular complexity index is 834. The SMILES string of the molecule is COc1cccc(-c2cn(C)c3ccccc3c2=O)c1. The van der Waals surface area contributed by atoms with Crippen LogP contribution in [0.25, 0.3) is 22.0 Å². The van der Waals surface area contributed by atoms with Crippen LogP contribution in [0.4, 0.5) is 0 Å². The number of methoxy groups -OCH3 is 1. The van der Waals surface area contributed by atoms with Gasteiger partial charge in [-0.25, -0.2) is 0 Å². The van der Waals surface area contributed by atoms with Crippen LogP contribution < -0.4 is 10.2 Å². The molecule has 0 N–H and O–H groups in total. The van der Waals surface area contributed by atoms with Crippen molar-refractivity contribution < 1.29 is 4.74 Å². The molecule has 2 aromatic carbocycles. The molecule has 0 aliphatic heterocycles. The molecule has 0 saturated carbocycles. The van der Waals surface area contributed by atoms with E-state index >= 15 is 0 Å². The summed E-state index contributed by atoms with van der Waals surface area (Å²) in [5.74, 6) is 0.748. The second-order valence-electron chi connectivity index (χ2n) is 4.73. The number of hydrogen-bond acceptors (Lipinski definition) is 2. The van der Waals surface area contributed by atoms with E-state index in [-0.39, 0.29) is 5.43 Å². The summed E-state index contributed by atoms with van der Waals surface area (Å²) in [5, 5.41) is 0.732. The molecule has 0 amide bonds. The van der Waals surface area contributed by atoms with E-state index in [1.165, 1.54) is 0 Å². The standard InChI is InChI=1S/C17H15NO2/c1-18-11-15(12-6-5-7-13(10-12)20-2)17(19)14-8-3-4-9-16(14)18/h3-11H,1-2H3. The summed E-state index contributed by atoms with van der Waals surface area (Å²) in [6, 6.07) is 15.2. The lowest BCUT2D eigenvalue weighted by molar-refractivity contribution is 0.415. The van der Waals surface area contributed by atoms with E-state index in [1.54, 1.807) is 7.11 Å². The van der Waals surface area contributed by atoms with E-state index in [0.717, 1.165) is 22.2 Å². The Balaban J connectivity index is 2.31. The van der Waals surface area contributed by atoms with Crippen molar-refractivity contribution in [1.29, 1.82) is 0 Å². The van der Waals surface area contributed by atoms with Crippen LogP contribution in [0.2, 0.25) is 0 Å². The topological polar surface area (TPSA) is 31.2 Å². The van der Waals surface area contributed by atoms with Gasteiger partial charge in [-0.15, -0.1) is 0 Å². The lowest BCUT2D eigenvalue weighted by Gasteiger charge is -2.10. The highest BCUT2D eigenvalue weighted by Crippen LogP contribution is 2.23. The van der Waals surface area contributed by atoms with E-state index in [9.17, 15) is 4.79 Å². The number of ether oxygens (including phenoxy) is 1. The number of fused-ring (bicyclic) bond motifs is 1. The van der Waals surface area contributed by atoms with Crippen molar-refractivity contribution >= 4 is 10.9 Å². The maximum Gasteiger partial charge on any atom is 0.197 e. The van der Waals surface area contributed by atoms with Crippen LogP contribution in [0.1, 0.15) is 0 Å². The van der Waals surface area contributed by atoms with E-state index in [4.69, 9.17) is 4.74 Å². The first-order chi connectivity index (χ1) is 9.70. The van der Waals surface area contributed by atoms with Crippen LogP contribution >= 0.6 is 0 Å². The Kier molecular flexibility index (Phi) is 3.03. The summed E-state index contributed by atoms with van der Waals surface area (Å²) in [5.41, 5.74) is 2.54. The highest BCUT2D eigenvalue weighted by Gasteiger charge is 2.09. The summed E-state index contributed by atoms with van der Waals surface area (Å²) in [6.07, 6.45) is 1.87. The number of nitrogens with zero attached hydrogens (tertiary/aromatic N) is 1. The molecule has 0 fully saturated rings. The quantitative estimate of drug-likeness (QED) is 0.712. The smallest absolute Gasteiger partial charge is 0.197 e. The molecule has 3 rings (SSSR count). The first kappa shape index (κ1) is 12.5. The normalized spacial score (nSPS) is 10.7. The summed E-state index contributed by atoms with van der Waals surface area (Å²) in [7, 11) is 3.57. The van der Waals surface area contributed by atoms with Gasteiger partial charge in [-0.2, -0.15) is 0 Å². The Labute approximate surface area is 117 Å². The minimum Gasteiger partial charge on any atom is -0.497 e. The number of pyridine rings is 1. The third-order valence-corrected chi connectivity index (χ3v) is 3.48. The second kappa shape index (κ2) is 4.85. The van der Waals surface area contributed by atoms with Gasteiger partial charge in [-0.1, -0.05) is 24.3 Å². The fourth-order valence-electron chi connectivity index (χ4n) is 2.44. The highest BCUT2D eigenvalue weighted by atomic mass is 16.5. The third kappa shape index (κ3) is 1.97. The molecule has 1 aromatic heterocycles. The van der Waals surface area contributed by atoms with Gasteiger partial charge in [0.15, 0.2) is 5.43 Å². The number of rotatable bonds is 2. The van der Waals surface area contributed by atoms with Crippen molar-refractivity contribution in [2.75, 3.05) is 7.11 Å². The molecule has 0 aliphatic rings. The van der Waals surface area contributed by atoms with Crippen molar-refractivity contribution in [3.05, 3.63) is 65.0 Å². The van der Waals surface area contributed by atoms with Crippen molar-refractivity contribution in [3.63, 3.8) is 0 Å². The minimum absolute atomic E-state index is 0.0481. The zero-order valence-electron chi connectivity index (χ0n) is 11.5. The molecule has 3 heteroatoms. The van der Waals surface area contributed by atoms with Gasteiger partial charge in [0.1, 0.15) is 5.75 Å². The van der Waals surface area contributed by atoms with E-state index < -0.39 is 0 Å². The Hall–Kier alpha value is -2.55. The molecule has 0 bridgehead atoms. The van der Waals surface area contributed by atoms with Gasteiger partial charge in [0, 0.05) is 24.2 Å². The molecule has 20 heavy (non-hydrogen) atoms. The van der Waals surface area contributed by atoms with Crippen molar-refractivity contribution in [1.82, 2.24) is 4.57 Å². The fraction of sp³-hybridized carbons (Fsp3) is 0.118. The lowest BCUT2D eigenvalue weighted by atomic mass is 10.0. The zero-order valence-corrected chi connectivity index (χ0v) is 11.5. The molecular formula is C17H15NO2. The summed E-state index contributed by atoms with van der Waals surface area (Å²) >= 11 is 0. The zero-order chi connectivity index (χ0) is 14.1. The van der Waals surface area contributed by atoms with E-state index in [0.29, 0.717) is 5.56 Å². The number of para-hydroxylation sites is 1. The van der Waals surface area contributed by atoms with E-state index in [2.05, 4.69) is 0 Å². The Morgan fingerprint density at radius 2 is 1.85 bits per heavy atom. The number of aryl methyl sites for hydroxylation is 1. The Morgan fingerprint density at radius 3 is 2.65 bits per heavy atom. The second-order valence-corrected chi connectivity index (χ2v) is 4.73. The van der Waals surface area contributed by atoms with Gasteiger partial charge in [-0.3, -0.25) is 4.79 Å². The van der Waals surface area contributed by atoms with Gasteiger partial charge in [0.2, 0.25) is 0 Å². The van der Waals surface area contributed by atoms with Gasteiger partial charge >= 0.3 is 0 Å². The molecule has 0 atom stereocenters. The molecular weight excluding hydrogens is 250 g/mol. The van der Waals surface area contributed by atoms with Crippen LogP contribution in [-0.4, -0.2) is 11.7 Å². The number of benzene rings is 2. The predicted octanol–water partition coefficient (Wildman–Crippen LogP) is 3.21. The third-order valence-electron chi connectivity index (χ3n) is 3.48. The molecule has 0 unspecified atom stereocenters. The molecule has 100 valence electrons. The molecule has 0 radical (unpaired) electrons. The van der Waals surface area contributed by atoms with Crippen molar-refractivity contribution in [2.45, 2.75) is 0 Å². The van der Waals surface area contributed by atoms with Gasteiger partial charge in [0.05, 0.1) is 12.6 Å². The monoisotopic (exact) mass is 265 g/mol. The Morgan fingerprint density at radius 1 is 1.05 bits per heavy atom. The van der Waals surface area contributed by atoms with Gasteiger partial charge in [0.25, 0.3) is 0 Å². The maximum atomic E-state index is 12.6. The molecule has 3 aromatic rings. The first-order valence-corrected chi connectivity index (χ1v) is 6.43. The van der Waals surface area contributed by atoms with Crippen LogP contribution in [0.3, 0.4) is 0 Å². The molecule has 0 saturated heterocycles. The highest BCUT2D eigenvalue weighted by molar-refractivity contribution is 5.84. The minimum atomic E-state index is 0.0481. The average molecular weight is 265 g/mol. The predicted molar refractivity (Wildman–Crippen MR) is 81.2 cm³/mol. The van der Waals surface area contributed by atoms with Crippen molar-refractivity contribution in [2.24, 2.45) is 7.05 Å². The van der Waals surface area contributed by atoms with Crippen LogP contribution in [0.5, 0.6) is 5.75 Å². The van der Waals surface area contributed by atoms with Crippen LogP contribution in [-0.2, 0) is 7.05 Å². The summed E-state index contributed by atoms with van der Waals surface area (Å²) < 4.78 is 7.20. The largest absolute Gasteiger partial charge is 0.497 e. The average Bonchev–Trinajstić information content (AvgIpc) is 2.51. The van der Waals surface area contributed by atoms with Crippen molar-refractivity contribution in [3.8, 4) is 16.9 Å². The first-order valence-electron chi connectivity index (χ1n) is 6.43. The number of hydrogen-bond donors (Lipinski definition) is 0. The van der Waals surface area contributed by atoms with Crippen LogP contribution in [0, 0.1) is 0 Å². The summed E-state index contributed by atoms with van der Waals surface area (Å²) in [6.45, 7) is 0. The molecule has 0 spiro atoms. The van der Waals surface area contributed by atoms with Gasteiger partial charge in [-0.05, 0) is 29.8 Å². The van der Waals surface area contributed by atoms with Crippen LogP contribution in [0.15, 0.2) is 59.5 Å². The number of aromatic nitrogens is 1. The van der Waals surface area contributed by atoms with Gasteiger partial charge < -0.3 is 9.30 Å². The summed E-state index contributed by atoms with van der Waals surface area (Å²) in [4.78, 5) is 12.6. The molecule has 3 nitrogen and oxygen atoms in total. The van der Waals surface area contributed by atoms with E-state index in [1.807, 2.05) is 66.3 Å². The molecule has 0 aliphatic carbocycles. The lowest BCUT2D eigenvalue weighted by Crippen LogP contribution is -2.10.